The van der Waals surface area contributed by atoms with Crippen molar-refractivity contribution >= 4 is 17.5 Å². The number of ether oxygens (including phenoxy) is 1. The Balaban J connectivity index is 1.55. The van der Waals surface area contributed by atoms with E-state index in [-0.39, 0.29) is 11.0 Å². The van der Waals surface area contributed by atoms with E-state index in [9.17, 15) is 4.79 Å². The Labute approximate surface area is 185 Å². The van der Waals surface area contributed by atoms with Gasteiger partial charge in [0, 0.05) is 22.6 Å². The maximum absolute atomic E-state index is 13.2. The monoisotopic (exact) mass is 433 g/mol. The smallest absolute Gasteiger partial charge is 0.277 e. The van der Waals surface area contributed by atoms with Crippen LogP contribution >= 0.6 is 11.8 Å². The molecule has 0 saturated carbocycles. The molecule has 0 saturated heterocycles. The van der Waals surface area contributed by atoms with E-state index < -0.39 is 0 Å². The van der Waals surface area contributed by atoms with E-state index >= 15 is 0 Å². The van der Waals surface area contributed by atoms with Gasteiger partial charge < -0.3 is 13.7 Å². The van der Waals surface area contributed by atoms with Crippen molar-refractivity contribution < 1.29 is 13.9 Å². The molecule has 0 bridgehead atoms. The summed E-state index contributed by atoms with van der Waals surface area (Å²) in [4.78, 5) is 13.2. The summed E-state index contributed by atoms with van der Waals surface area (Å²) in [5.74, 6) is 1.04. The standard InChI is InChI=1S/C24H23N3O3S/c1-15-14-20(16(2)27(15)18-10-6-5-7-11-18)22(28)17(3)31-24-26-25-23(30-24)19-12-8-9-13-21(19)29-4/h5-14,17H,1-4H3. The second kappa shape index (κ2) is 8.81. The molecule has 2 aromatic carbocycles. The van der Waals surface area contributed by atoms with Gasteiger partial charge in [0.05, 0.1) is 17.9 Å². The average Bonchev–Trinajstić information content (AvgIpc) is 3.37. The highest BCUT2D eigenvalue weighted by atomic mass is 32.2. The summed E-state index contributed by atoms with van der Waals surface area (Å²) < 4.78 is 13.3. The molecule has 0 amide bonds. The Hall–Kier alpha value is -3.32. The summed E-state index contributed by atoms with van der Waals surface area (Å²) in [6, 6.07) is 19.4. The van der Waals surface area contributed by atoms with Gasteiger partial charge in [-0.1, -0.05) is 42.1 Å². The van der Waals surface area contributed by atoms with Crippen LogP contribution in [-0.2, 0) is 0 Å². The highest BCUT2D eigenvalue weighted by Gasteiger charge is 2.24. The number of benzene rings is 2. The van der Waals surface area contributed by atoms with Crippen LogP contribution in [0.5, 0.6) is 5.75 Å². The molecule has 0 aliphatic rings. The summed E-state index contributed by atoms with van der Waals surface area (Å²) in [6.45, 7) is 5.83. The number of para-hydroxylation sites is 2. The number of rotatable bonds is 7. The first-order valence-electron chi connectivity index (χ1n) is 9.91. The van der Waals surface area contributed by atoms with E-state index in [2.05, 4.69) is 14.8 Å². The molecule has 31 heavy (non-hydrogen) atoms. The van der Waals surface area contributed by atoms with Crippen molar-refractivity contribution in [2.24, 2.45) is 0 Å². The van der Waals surface area contributed by atoms with Gasteiger partial charge in [-0.25, -0.2) is 0 Å². The fourth-order valence-electron chi connectivity index (χ4n) is 3.60. The minimum atomic E-state index is -0.379. The lowest BCUT2D eigenvalue weighted by atomic mass is 10.1. The van der Waals surface area contributed by atoms with E-state index in [4.69, 9.17) is 9.15 Å². The fraction of sp³-hybridized carbons (Fsp3) is 0.208. The molecular formula is C24H23N3O3S. The quantitative estimate of drug-likeness (QED) is 0.282. The Morgan fingerprint density at radius 2 is 1.77 bits per heavy atom. The molecule has 158 valence electrons. The van der Waals surface area contributed by atoms with E-state index in [1.54, 1.807) is 7.11 Å². The van der Waals surface area contributed by atoms with Crippen LogP contribution in [0, 0.1) is 13.8 Å². The van der Waals surface area contributed by atoms with E-state index in [0.717, 1.165) is 22.6 Å². The number of nitrogens with zero attached hydrogens (tertiary/aromatic N) is 3. The van der Waals surface area contributed by atoms with Crippen LogP contribution in [0.3, 0.4) is 0 Å². The second-order valence-electron chi connectivity index (χ2n) is 7.15. The molecule has 0 spiro atoms. The normalized spacial score (nSPS) is 12.0. The minimum absolute atomic E-state index is 0.0253. The molecule has 0 radical (unpaired) electrons. The number of hydrogen-bond donors (Lipinski definition) is 0. The average molecular weight is 434 g/mol. The molecule has 0 aliphatic heterocycles. The molecule has 1 unspecified atom stereocenters. The topological polar surface area (TPSA) is 70.2 Å². The number of methoxy groups -OCH3 is 1. The number of ketones is 1. The van der Waals surface area contributed by atoms with Crippen LogP contribution < -0.4 is 4.74 Å². The summed E-state index contributed by atoms with van der Waals surface area (Å²) in [5, 5.41) is 8.20. The Morgan fingerprint density at radius 3 is 2.52 bits per heavy atom. The van der Waals surface area contributed by atoms with Gasteiger partial charge in [0.25, 0.3) is 11.1 Å². The van der Waals surface area contributed by atoms with Crippen molar-refractivity contribution in [3.8, 4) is 22.9 Å². The van der Waals surface area contributed by atoms with Crippen molar-refractivity contribution in [2.45, 2.75) is 31.2 Å². The Kier molecular flexibility index (Phi) is 5.95. The second-order valence-corrected chi connectivity index (χ2v) is 8.45. The van der Waals surface area contributed by atoms with Crippen LogP contribution in [0.15, 0.2) is 70.3 Å². The lowest BCUT2D eigenvalue weighted by Crippen LogP contribution is -2.14. The number of Topliss-reactive ketones (excluding diaryl/α,β-unsaturated/α-hetero) is 1. The van der Waals surface area contributed by atoms with E-state index in [1.165, 1.54) is 11.8 Å². The molecule has 6 nitrogen and oxygen atoms in total. The SMILES string of the molecule is COc1ccccc1-c1nnc(SC(C)C(=O)c2cc(C)n(-c3ccccc3)c2C)o1. The number of carbonyl (C=O) groups is 1. The predicted molar refractivity (Wildman–Crippen MR) is 121 cm³/mol. The van der Waals surface area contributed by atoms with Crippen molar-refractivity contribution in [3.63, 3.8) is 0 Å². The van der Waals surface area contributed by atoms with Crippen molar-refractivity contribution in [1.29, 1.82) is 0 Å². The largest absolute Gasteiger partial charge is 0.496 e. The molecular weight excluding hydrogens is 410 g/mol. The minimum Gasteiger partial charge on any atom is -0.496 e. The van der Waals surface area contributed by atoms with Gasteiger partial charge in [0.1, 0.15) is 5.75 Å². The van der Waals surface area contributed by atoms with Gasteiger partial charge in [0.15, 0.2) is 5.78 Å². The van der Waals surface area contributed by atoms with E-state index in [0.29, 0.717) is 22.4 Å². The third kappa shape index (κ3) is 4.14. The third-order valence-corrected chi connectivity index (χ3v) is 6.04. The van der Waals surface area contributed by atoms with Crippen molar-refractivity contribution in [2.75, 3.05) is 7.11 Å². The molecule has 2 heterocycles. The number of aryl methyl sites for hydroxylation is 1. The molecule has 2 aromatic heterocycles. The molecule has 7 heteroatoms. The summed E-state index contributed by atoms with van der Waals surface area (Å²) in [5.41, 5.74) is 4.39. The van der Waals surface area contributed by atoms with Gasteiger partial charge in [-0.05, 0) is 51.1 Å². The van der Waals surface area contributed by atoms with Crippen LogP contribution in [0.2, 0.25) is 0 Å². The number of carbonyl (C=O) groups excluding carboxylic acids is 1. The fourth-order valence-corrected chi connectivity index (χ4v) is 4.35. The van der Waals surface area contributed by atoms with Crippen molar-refractivity contribution in [3.05, 3.63) is 77.6 Å². The maximum Gasteiger partial charge on any atom is 0.277 e. The van der Waals surface area contributed by atoms with Crippen molar-refractivity contribution in [1.82, 2.24) is 14.8 Å². The molecule has 1 atom stereocenters. The summed E-state index contributed by atoms with van der Waals surface area (Å²) in [6.07, 6.45) is 0. The highest BCUT2D eigenvalue weighted by molar-refractivity contribution is 8.00. The number of hydrogen-bond acceptors (Lipinski definition) is 6. The molecule has 4 rings (SSSR count). The Bertz CT molecular complexity index is 1210. The van der Waals surface area contributed by atoms with Crippen LogP contribution in [0.4, 0.5) is 0 Å². The lowest BCUT2D eigenvalue weighted by Gasteiger charge is -2.11. The van der Waals surface area contributed by atoms with Gasteiger partial charge in [-0.2, -0.15) is 0 Å². The molecule has 0 N–H and O–H groups in total. The summed E-state index contributed by atoms with van der Waals surface area (Å²) in [7, 11) is 1.59. The zero-order valence-electron chi connectivity index (χ0n) is 17.8. The molecule has 0 fully saturated rings. The first kappa shape index (κ1) is 20.9. The predicted octanol–water partition coefficient (Wildman–Crippen LogP) is 5.52. The molecule has 4 aromatic rings. The number of thioether (sulfide) groups is 1. The lowest BCUT2D eigenvalue weighted by molar-refractivity contribution is 0.0993. The van der Waals surface area contributed by atoms with Crippen LogP contribution in [-0.4, -0.2) is 32.9 Å². The Morgan fingerprint density at radius 1 is 1.06 bits per heavy atom. The van der Waals surface area contributed by atoms with Gasteiger partial charge in [-0.15, -0.1) is 10.2 Å². The van der Waals surface area contributed by atoms with Crippen LogP contribution in [0.25, 0.3) is 17.1 Å². The third-order valence-electron chi connectivity index (χ3n) is 5.10. The highest BCUT2D eigenvalue weighted by Crippen LogP contribution is 2.33. The van der Waals surface area contributed by atoms with Gasteiger partial charge >= 0.3 is 0 Å². The molecule has 0 aliphatic carbocycles. The number of aromatic nitrogens is 3. The van der Waals surface area contributed by atoms with E-state index in [1.807, 2.05) is 81.4 Å². The van der Waals surface area contributed by atoms with Gasteiger partial charge in [0.2, 0.25) is 0 Å². The summed E-state index contributed by atoms with van der Waals surface area (Å²) >= 11 is 1.26. The van der Waals surface area contributed by atoms with Gasteiger partial charge in [-0.3, -0.25) is 4.79 Å². The zero-order valence-corrected chi connectivity index (χ0v) is 18.6. The van der Waals surface area contributed by atoms with Crippen LogP contribution in [0.1, 0.15) is 28.7 Å². The first-order chi connectivity index (χ1) is 15.0. The zero-order chi connectivity index (χ0) is 22.0. The maximum atomic E-state index is 13.2. The first-order valence-corrected chi connectivity index (χ1v) is 10.8.